The van der Waals surface area contributed by atoms with Gasteiger partial charge in [-0.2, -0.15) is 5.26 Å². The number of carbonyl (C=O) groups is 1. The van der Waals surface area contributed by atoms with E-state index in [1.807, 2.05) is 6.07 Å². The van der Waals surface area contributed by atoms with Crippen LogP contribution in [-0.2, 0) is 0 Å². The quantitative estimate of drug-likeness (QED) is 0.900. The van der Waals surface area contributed by atoms with Gasteiger partial charge in [0, 0.05) is 0 Å². The number of carboxylic acid groups (broad SMARTS) is 1. The van der Waals surface area contributed by atoms with Gasteiger partial charge in [-0.05, 0) is 35.4 Å². The fourth-order valence-corrected chi connectivity index (χ4v) is 1.57. The average Bonchev–Trinajstić information content (AvgIpc) is 2.39. The molecule has 90 valence electrons. The molecule has 0 heterocycles. The SMILES string of the molecule is Cl.N#Cc1cccc(-c2ccc(C(=O)O)cc2)c1. The first-order valence-electron chi connectivity index (χ1n) is 5.04. The minimum Gasteiger partial charge on any atom is -0.478 e. The van der Waals surface area contributed by atoms with Crippen molar-refractivity contribution < 1.29 is 9.90 Å². The highest BCUT2D eigenvalue weighted by Crippen LogP contribution is 2.20. The van der Waals surface area contributed by atoms with Crippen molar-refractivity contribution >= 4 is 18.4 Å². The van der Waals surface area contributed by atoms with Gasteiger partial charge in [0.15, 0.2) is 0 Å². The molecule has 2 aromatic carbocycles. The lowest BCUT2D eigenvalue weighted by atomic mass is 10.0. The third-order valence-corrected chi connectivity index (χ3v) is 2.46. The molecule has 0 bridgehead atoms. The maximum Gasteiger partial charge on any atom is 0.335 e. The standard InChI is InChI=1S/C14H9NO2.ClH/c15-9-10-2-1-3-13(8-10)11-4-6-12(7-5-11)14(16)17;/h1-8H,(H,16,17);1H. The summed E-state index contributed by atoms with van der Waals surface area (Å²) < 4.78 is 0. The topological polar surface area (TPSA) is 61.1 Å². The first kappa shape index (κ1) is 13.8. The molecular formula is C14H10ClNO2. The van der Waals surface area contributed by atoms with Gasteiger partial charge in [-0.3, -0.25) is 0 Å². The molecule has 3 nitrogen and oxygen atoms in total. The lowest BCUT2D eigenvalue weighted by Crippen LogP contribution is -1.94. The highest BCUT2D eigenvalue weighted by molar-refractivity contribution is 5.88. The summed E-state index contributed by atoms with van der Waals surface area (Å²) in [4.78, 5) is 10.7. The lowest BCUT2D eigenvalue weighted by Gasteiger charge is -2.02. The Morgan fingerprint density at radius 3 is 2.28 bits per heavy atom. The van der Waals surface area contributed by atoms with E-state index in [-0.39, 0.29) is 18.0 Å². The second-order valence-electron chi connectivity index (χ2n) is 3.58. The Morgan fingerprint density at radius 2 is 1.72 bits per heavy atom. The van der Waals surface area contributed by atoms with Gasteiger partial charge in [0.2, 0.25) is 0 Å². The zero-order valence-electron chi connectivity index (χ0n) is 9.33. The predicted octanol–water partition coefficient (Wildman–Crippen LogP) is 3.35. The van der Waals surface area contributed by atoms with E-state index in [2.05, 4.69) is 6.07 Å². The molecule has 1 N–H and O–H groups in total. The maximum atomic E-state index is 10.7. The van der Waals surface area contributed by atoms with Crippen molar-refractivity contribution in [2.45, 2.75) is 0 Å². The molecule has 0 saturated carbocycles. The summed E-state index contributed by atoms with van der Waals surface area (Å²) in [6, 6.07) is 15.8. The number of nitriles is 1. The number of aromatic carboxylic acids is 1. The van der Waals surface area contributed by atoms with Crippen LogP contribution in [0.25, 0.3) is 11.1 Å². The van der Waals surface area contributed by atoms with Crippen LogP contribution in [0.5, 0.6) is 0 Å². The molecule has 0 aliphatic rings. The molecule has 0 aromatic heterocycles. The Kier molecular flexibility index (Phi) is 4.47. The van der Waals surface area contributed by atoms with Crippen molar-refractivity contribution in [3.8, 4) is 17.2 Å². The van der Waals surface area contributed by atoms with Crippen LogP contribution >= 0.6 is 12.4 Å². The molecule has 0 spiro atoms. The average molecular weight is 260 g/mol. The van der Waals surface area contributed by atoms with Crippen LogP contribution < -0.4 is 0 Å². The van der Waals surface area contributed by atoms with Gasteiger partial charge in [-0.1, -0.05) is 24.3 Å². The largest absolute Gasteiger partial charge is 0.478 e. The van der Waals surface area contributed by atoms with Crippen molar-refractivity contribution in [1.82, 2.24) is 0 Å². The lowest BCUT2D eigenvalue weighted by molar-refractivity contribution is 0.0697. The Morgan fingerprint density at radius 1 is 1.06 bits per heavy atom. The Bertz CT molecular complexity index is 600. The van der Waals surface area contributed by atoms with E-state index in [9.17, 15) is 4.79 Å². The zero-order valence-corrected chi connectivity index (χ0v) is 10.1. The highest BCUT2D eigenvalue weighted by atomic mass is 35.5. The first-order chi connectivity index (χ1) is 8.20. The van der Waals surface area contributed by atoms with Crippen LogP contribution in [0, 0.1) is 11.3 Å². The second kappa shape index (κ2) is 5.85. The smallest absolute Gasteiger partial charge is 0.335 e. The van der Waals surface area contributed by atoms with Gasteiger partial charge in [0.05, 0.1) is 17.2 Å². The van der Waals surface area contributed by atoms with E-state index in [1.165, 1.54) is 0 Å². The molecule has 0 saturated heterocycles. The van der Waals surface area contributed by atoms with Crippen LogP contribution in [0.3, 0.4) is 0 Å². The van der Waals surface area contributed by atoms with Gasteiger partial charge in [-0.15, -0.1) is 12.4 Å². The van der Waals surface area contributed by atoms with Gasteiger partial charge >= 0.3 is 5.97 Å². The second-order valence-corrected chi connectivity index (χ2v) is 3.58. The molecule has 2 rings (SSSR count). The van der Waals surface area contributed by atoms with Crippen molar-refractivity contribution in [3.05, 3.63) is 59.7 Å². The van der Waals surface area contributed by atoms with E-state index < -0.39 is 5.97 Å². The summed E-state index contributed by atoms with van der Waals surface area (Å²) in [6.07, 6.45) is 0. The van der Waals surface area contributed by atoms with Gasteiger partial charge in [0.1, 0.15) is 0 Å². The summed E-state index contributed by atoms with van der Waals surface area (Å²) in [6.45, 7) is 0. The van der Waals surface area contributed by atoms with E-state index in [4.69, 9.17) is 10.4 Å². The summed E-state index contributed by atoms with van der Waals surface area (Å²) in [7, 11) is 0. The summed E-state index contributed by atoms with van der Waals surface area (Å²) in [5.74, 6) is -0.942. The number of benzene rings is 2. The van der Waals surface area contributed by atoms with Crippen molar-refractivity contribution in [2.75, 3.05) is 0 Å². The number of nitrogens with zero attached hydrogens (tertiary/aromatic N) is 1. The zero-order chi connectivity index (χ0) is 12.3. The van der Waals surface area contributed by atoms with Gasteiger partial charge < -0.3 is 5.11 Å². The van der Waals surface area contributed by atoms with E-state index in [0.717, 1.165) is 11.1 Å². The van der Waals surface area contributed by atoms with E-state index >= 15 is 0 Å². The molecule has 0 unspecified atom stereocenters. The molecule has 0 amide bonds. The summed E-state index contributed by atoms with van der Waals surface area (Å²) in [5.41, 5.74) is 2.64. The molecule has 0 aliphatic carbocycles. The summed E-state index contributed by atoms with van der Waals surface area (Å²) >= 11 is 0. The van der Waals surface area contributed by atoms with Crippen LogP contribution in [0.15, 0.2) is 48.5 Å². The molecule has 0 radical (unpaired) electrons. The van der Waals surface area contributed by atoms with Crippen LogP contribution in [0.1, 0.15) is 15.9 Å². The Hall–Kier alpha value is -2.31. The van der Waals surface area contributed by atoms with E-state index in [0.29, 0.717) is 5.56 Å². The third kappa shape index (κ3) is 2.88. The molecule has 0 aliphatic heterocycles. The number of hydrogen-bond acceptors (Lipinski definition) is 2. The minimum atomic E-state index is -0.942. The highest BCUT2D eigenvalue weighted by Gasteiger charge is 2.03. The minimum absolute atomic E-state index is 0. The van der Waals surface area contributed by atoms with E-state index in [1.54, 1.807) is 42.5 Å². The molecule has 18 heavy (non-hydrogen) atoms. The predicted molar refractivity (Wildman–Crippen MR) is 70.8 cm³/mol. The fraction of sp³-hybridized carbons (Fsp3) is 0. The van der Waals surface area contributed by atoms with Gasteiger partial charge in [0.25, 0.3) is 0 Å². The fourth-order valence-electron chi connectivity index (χ4n) is 1.57. The molecule has 2 aromatic rings. The molecule has 4 heteroatoms. The number of hydrogen-bond donors (Lipinski definition) is 1. The van der Waals surface area contributed by atoms with Gasteiger partial charge in [-0.25, -0.2) is 4.79 Å². The molecule has 0 atom stereocenters. The van der Waals surface area contributed by atoms with Crippen LogP contribution in [-0.4, -0.2) is 11.1 Å². The van der Waals surface area contributed by atoms with Crippen LogP contribution in [0.4, 0.5) is 0 Å². The monoisotopic (exact) mass is 259 g/mol. The third-order valence-electron chi connectivity index (χ3n) is 2.46. The number of halogens is 1. The first-order valence-corrected chi connectivity index (χ1v) is 5.04. The maximum absolute atomic E-state index is 10.7. The normalized spacial score (nSPS) is 9.06. The van der Waals surface area contributed by atoms with Crippen molar-refractivity contribution in [1.29, 1.82) is 5.26 Å². The van der Waals surface area contributed by atoms with Crippen LogP contribution in [0.2, 0.25) is 0 Å². The van der Waals surface area contributed by atoms with Crippen molar-refractivity contribution in [3.63, 3.8) is 0 Å². The Labute approximate surface area is 111 Å². The number of carboxylic acids is 1. The molecular weight excluding hydrogens is 250 g/mol. The Balaban J connectivity index is 0.00000162. The summed E-state index contributed by atoms with van der Waals surface area (Å²) in [5, 5.41) is 17.6. The number of rotatable bonds is 2. The molecule has 0 fully saturated rings. The van der Waals surface area contributed by atoms with Crippen molar-refractivity contribution in [2.24, 2.45) is 0 Å².